The van der Waals surface area contributed by atoms with Crippen LogP contribution in [0.25, 0.3) is 0 Å². The molecule has 5 N–H and O–H groups in total. The Kier molecular flexibility index (Phi) is 5.56. The maximum absolute atomic E-state index is 11.4. The highest BCUT2D eigenvalue weighted by molar-refractivity contribution is 5.97. The molecule has 0 spiro atoms. The van der Waals surface area contributed by atoms with Crippen molar-refractivity contribution < 1.29 is 14.3 Å². The number of aromatic nitrogens is 2. The number of carbonyl (C=O) groups excluding carboxylic acids is 1. The van der Waals surface area contributed by atoms with E-state index in [0.717, 1.165) is 0 Å². The molecule has 1 rings (SSSR count). The maximum Gasteiger partial charge on any atom is 0.270 e. The summed E-state index contributed by atoms with van der Waals surface area (Å²) in [5.74, 6) is 4.78. The lowest BCUT2D eigenvalue weighted by Crippen LogP contribution is -2.30. The van der Waals surface area contributed by atoms with Gasteiger partial charge >= 0.3 is 0 Å². The highest BCUT2D eigenvalue weighted by atomic mass is 16.7. The van der Waals surface area contributed by atoms with Crippen LogP contribution >= 0.6 is 0 Å². The van der Waals surface area contributed by atoms with Gasteiger partial charge in [0.15, 0.2) is 6.29 Å². The second-order valence-electron chi connectivity index (χ2n) is 3.44. The Bertz CT molecular complexity index is 387. The molecule has 1 aromatic heterocycles. The summed E-state index contributed by atoms with van der Waals surface area (Å²) in [6.07, 6.45) is 0.905. The van der Waals surface area contributed by atoms with Crippen molar-refractivity contribution in [1.29, 1.82) is 0 Å². The number of nitrogens with one attached hydrogen (secondary N) is 1. The zero-order valence-corrected chi connectivity index (χ0v) is 10.5. The first-order valence-electron chi connectivity index (χ1n) is 5.69. The minimum atomic E-state index is -0.483. The third-order valence-corrected chi connectivity index (χ3v) is 2.28. The van der Waals surface area contributed by atoms with Gasteiger partial charge in [0.2, 0.25) is 0 Å². The summed E-state index contributed by atoms with van der Waals surface area (Å²) in [6.45, 7) is 5.08. The van der Waals surface area contributed by atoms with Gasteiger partial charge in [-0.2, -0.15) is 5.10 Å². The maximum atomic E-state index is 11.4. The highest BCUT2D eigenvalue weighted by Crippen LogP contribution is 2.12. The van der Waals surface area contributed by atoms with Gasteiger partial charge in [0.25, 0.3) is 5.91 Å². The van der Waals surface area contributed by atoms with Gasteiger partial charge in [0.05, 0.1) is 12.7 Å². The molecule has 0 radical (unpaired) electrons. The molecular formula is C10H19N5O3. The number of nitrogens with zero attached hydrogens (tertiary/aromatic N) is 2. The minimum Gasteiger partial charge on any atom is -0.383 e. The highest BCUT2D eigenvalue weighted by Gasteiger charge is 2.17. The molecule has 0 unspecified atom stereocenters. The molecule has 0 saturated carbocycles. The first-order chi connectivity index (χ1) is 8.63. The Morgan fingerprint density at radius 2 is 2.11 bits per heavy atom. The van der Waals surface area contributed by atoms with Crippen LogP contribution in [0.1, 0.15) is 24.2 Å². The summed E-state index contributed by atoms with van der Waals surface area (Å²) < 4.78 is 12.2. The monoisotopic (exact) mass is 257 g/mol. The van der Waals surface area contributed by atoms with Crippen molar-refractivity contribution in [3.63, 3.8) is 0 Å². The Morgan fingerprint density at radius 1 is 1.50 bits per heavy atom. The Morgan fingerprint density at radius 3 is 2.61 bits per heavy atom. The van der Waals surface area contributed by atoms with Crippen molar-refractivity contribution in [2.75, 3.05) is 18.9 Å². The fourth-order valence-corrected chi connectivity index (χ4v) is 1.46. The van der Waals surface area contributed by atoms with Crippen LogP contribution in [0.15, 0.2) is 6.20 Å². The van der Waals surface area contributed by atoms with Crippen molar-refractivity contribution in [3.05, 3.63) is 11.8 Å². The normalized spacial score (nSPS) is 10.9. The van der Waals surface area contributed by atoms with Gasteiger partial charge in [0, 0.05) is 13.2 Å². The topological polar surface area (TPSA) is 117 Å². The van der Waals surface area contributed by atoms with Crippen LogP contribution in [0.5, 0.6) is 0 Å². The summed E-state index contributed by atoms with van der Waals surface area (Å²) in [4.78, 5) is 11.4. The zero-order valence-electron chi connectivity index (χ0n) is 10.5. The van der Waals surface area contributed by atoms with Crippen LogP contribution in [0.4, 0.5) is 5.82 Å². The molecule has 0 atom stereocenters. The summed E-state index contributed by atoms with van der Waals surface area (Å²) in [6, 6.07) is 0. The number of nitrogen functional groups attached to an aromatic ring is 2. The van der Waals surface area contributed by atoms with Crippen molar-refractivity contribution >= 4 is 11.7 Å². The number of amides is 1. The fourth-order valence-electron chi connectivity index (χ4n) is 1.46. The molecule has 8 heteroatoms. The van der Waals surface area contributed by atoms with Gasteiger partial charge in [-0.05, 0) is 13.8 Å². The van der Waals surface area contributed by atoms with Crippen LogP contribution < -0.4 is 17.0 Å². The van der Waals surface area contributed by atoms with Crippen molar-refractivity contribution in [2.45, 2.75) is 26.7 Å². The molecule has 0 aliphatic heterocycles. The van der Waals surface area contributed by atoms with Crippen molar-refractivity contribution in [1.82, 2.24) is 15.2 Å². The van der Waals surface area contributed by atoms with E-state index in [1.165, 1.54) is 10.9 Å². The summed E-state index contributed by atoms with van der Waals surface area (Å²) in [7, 11) is 0. The molecule has 1 heterocycles. The molecular weight excluding hydrogens is 238 g/mol. The summed E-state index contributed by atoms with van der Waals surface area (Å²) in [5, 5.41) is 4.00. The number of hydrogen-bond donors (Lipinski definition) is 3. The smallest absolute Gasteiger partial charge is 0.270 e. The standard InChI is InChI=1S/C10H19N5O3/c1-3-17-8(18-4-2)6-15-9(11)7(5-13-15)10(16)14-12/h5,8H,3-4,6,11-12H2,1-2H3,(H,14,16). The second kappa shape index (κ2) is 6.94. The lowest BCUT2D eigenvalue weighted by Gasteiger charge is -2.17. The molecule has 8 nitrogen and oxygen atoms in total. The fraction of sp³-hybridized carbons (Fsp3) is 0.600. The van der Waals surface area contributed by atoms with Gasteiger partial charge in [0.1, 0.15) is 11.4 Å². The number of hydrazine groups is 1. The zero-order chi connectivity index (χ0) is 13.5. The number of hydrogen-bond acceptors (Lipinski definition) is 6. The molecule has 1 aromatic rings. The van der Waals surface area contributed by atoms with Gasteiger partial charge in [-0.15, -0.1) is 0 Å². The molecule has 0 aliphatic rings. The SMILES string of the molecule is CCOC(Cn1ncc(C(=O)NN)c1N)OCC. The number of ether oxygens (including phenoxy) is 2. The van der Waals surface area contributed by atoms with Gasteiger partial charge in [-0.3, -0.25) is 10.2 Å². The number of anilines is 1. The Balaban J connectivity index is 2.77. The number of nitrogens with two attached hydrogens (primary N) is 2. The van der Waals surface area contributed by atoms with E-state index in [1.54, 1.807) is 0 Å². The van der Waals surface area contributed by atoms with E-state index in [0.29, 0.717) is 19.8 Å². The number of carbonyl (C=O) groups is 1. The van der Waals surface area contributed by atoms with Gasteiger partial charge in [-0.25, -0.2) is 10.5 Å². The van der Waals surface area contributed by atoms with E-state index in [9.17, 15) is 4.79 Å². The van der Waals surface area contributed by atoms with E-state index < -0.39 is 12.2 Å². The average Bonchev–Trinajstić information content (AvgIpc) is 2.71. The lowest BCUT2D eigenvalue weighted by molar-refractivity contribution is -0.144. The van der Waals surface area contributed by atoms with Crippen LogP contribution in [0.2, 0.25) is 0 Å². The molecule has 0 saturated heterocycles. The van der Waals surface area contributed by atoms with Crippen molar-refractivity contribution in [3.8, 4) is 0 Å². The van der Waals surface area contributed by atoms with Crippen LogP contribution in [-0.2, 0) is 16.0 Å². The third kappa shape index (κ3) is 3.42. The predicted octanol–water partition coefficient (Wildman–Crippen LogP) is -0.532. The summed E-state index contributed by atoms with van der Waals surface area (Å²) in [5.41, 5.74) is 8.02. The largest absolute Gasteiger partial charge is 0.383 e. The first kappa shape index (κ1) is 14.4. The van der Waals surface area contributed by atoms with E-state index in [-0.39, 0.29) is 11.4 Å². The molecule has 0 aromatic carbocycles. The molecule has 0 fully saturated rings. The molecule has 1 amide bonds. The third-order valence-electron chi connectivity index (χ3n) is 2.28. The molecule has 0 bridgehead atoms. The summed E-state index contributed by atoms with van der Waals surface area (Å²) >= 11 is 0. The molecule has 102 valence electrons. The quantitative estimate of drug-likeness (QED) is 0.261. The van der Waals surface area contributed by atoms with Crippen LogP contribution in [0.3, 0.4) is 0 Å². The average molecular weight is 257 g/mol. The van der Waals surface area contributed by atoms with Gasteiger partial charge < -0.3 is 15.2 Å². The second-order valence-corrected chi connectivity index (χ2v) is 3.44. The molecule has 0 aliphatic carbocycles. The Labute approximate surface area is 105 Å². The van der Waals surface area contributed by atoms with Gasteiger partial charge in [-0.1, -0.05) is 0 Å². The molecule has 18 heavy (non-hydrogen) atoms. The van der Waals surface area contributed by atoms with Crippen molar-refractivity contribution in [2.24, 2.45) is 5.84 Å². The Hall–Kier alpha value is -1.64. The number of rotatable bonds is 7. The van der Waals surface area contributed by atoms with E-state index in [1.807, 2.05) is 19.3 Å². The first-order valence-corrected chi connectivity index (χ1v) is 5.69. The van der Waals surface area contributed by atoms with Crippen LogP contribution in [-0.4, -0.2) is 35.2 Å². The van der Waals surface area contributed by atoms with Crippen LogP contribution in [0, 0.1) is 0 Å². The van der Waals surface area contributed by atoms with E-state index in [4.69, 9.17) is 21.1 Å². The predicted molar refractivity (Wildman–Crippen MR) is 65.3 cm³/mol. The lowest BCUT2D eigenvalue weighted by atomic mass is 10.3. The van der Waals surface area contributed by atoms with E-state index >= 15 is 0 Å². The minimum absolute atomic E-state index is 0.224. The van der Waals surface area contributed by atoms with E-state index in [2.05, 4.69) is 5.10 Å².